The molecule has 0 amide bonds. The summed E-state index contributed by atoms with van der Waals surface area (Å²) in [6.07, 6.45) is 6.62. The molecule has 3 rings (SSSR count). The second kappa shape index (κ2) is 5.37. The molecule has 0 atom stereocenters. The van der Waals surface area contributed by atoms with Gasteiger partial charge in [0.1, 0.15) is 5.75 Å². The van der Waals surface area contributed by atoms with E-state index < -0.39 is 0 Å². The van der Waals surface area contributed by atoms with Crippen molar-refractivity contribution in [2.75, 3.05) is 12.4 Å². The van der Waals surface area contributed by atoms with Gasteiger partial charge < -0.3 is 10.1 Å². The van der Waals surface area contributed by atoms with Crippen molar-refractivity contribution in [1.82, 2.24) is 4.98 Å². The average molecular weight is 276 g/mol. The van der Waals surface area contributed by atoms with Gasteiger partial charge in [-0.2, -0.15) is 0 Å². The highest BCUT2D eigenvalue weighted by molar-refractivity contribution is 7.22. The van der Waals surface area contributed by atoms with Crippen LogP contribution in [0.4, 0.5) is 5.13 Å². The number of hydrogen-bond acceptors (Lipinski definition) is 4. The summed E-state index contributed by atoms with van der Waals surface area (Å²) in [6.45, 7) is 2.06. The third-order valence-electron chi connectivity index (χ3n) is 3.84. The average Bonchev–Trinajstić information content (AvgIpc) is 2.80. The van der Waals surface area contributed by atoms with Gasteiger partial charge in [0.2, 0.25) is 0 Å². The molecule has 1 saturated carbocycles. The first kappa shape index (κ1) is 12.7. The summed E-state index contributed by atoms with van der Waals surface area (Å²) in [6, 6.07) is 4.81. The number of rotatable bonds is 3. The lowest BCUT2D eigenvalue weighted by molar-refractivity contribution is 0.412. The van der Waals surface area contributed by atoms with Crippen LogP contribution in [0.1, 0.15) is 37.7 Å². The Morgan fingerprint density at radius 2 is 2.05 bits per heavy atom. The molecule has 0 saturated heterocycles. The molecule has 0 bridgehead atoms. The lowest BCUT2D eigenvalue weighted by Gasteiger charge is -2.22. The molecule has 1 aromatic carbocycles. The Balaban J connectivity index is 1.84. The lowest BCUT2D eigenvalue weighted by Crippen LogP contribution is -2.21. The maximum Gasteiger partial charge on any atom is 0.184 e. The zero-order valence-corrected chi connectivity index (χ0v) is 12.3. The van der Waals surface area contributed by atoms with Crippen molar-refractivity contribution in [3.05, 3.63) is 17.7 Å². The van der Waals surface area contributed by atoms with Crippen molar-refractivity contribution >= 4 is 26.7 Å². The van der Waals surface area contributed by atoms with Crippen molar-refractivity contribution < 1.29 is 4.74 Å². The monoisotopic (exact) mass is 276 g/mol. The van der Waals surface area contributed by atoms with Crippen LogP contribution < -0.4 is 10.1 Å². The van der Waals surface area contributed by atoms with Gasteiger partial charge in [-0.1, -0.05) is 30.6 Å². The van der Waals surface area contributed by atoms with E-state index in [9.17, 15) is 0 Å². The van der Waals surface area contributed by atoms with Crippen molar-refractivity contribution in [3.8, 4) is 5.75 Å². The van der Waals surface area contributed by atoms with Crippen LogP contribution in [-0.4, -0.2) is 18.1 Å². The van der Waals surface area contributed by atoms with E-state index in [-0.39, 0.29) is 0 Å². The Morgan fingerprint density at radius 1 is 1.26 bits per heavy atom. The van der Waals surface area contributed by atoms with E-state index in [1.54, 1.807) is 18.4 Å². The number of nitrogens with one attached hydrogen (secondary N) is 1. The van der Waals surface area contributed by atoms with Crippen molar-refractivity contribution in [2.24, 2.45) is 0 Å². The molecule has 0 radical (unpaired) electrons. The van der Waals surface area contributed by atoms with E-state index in [2.05, 4.69) is 24.4 Å². The second-order valence-corrected chi connectivity index (χ2v) is 6.32. The summed E-state index contributed by atoms with van der Waals surface area (Å²) >= 11 is 1.73. The Kier molecular flexibility index (Phi) is 3.60. The van der Waals surface area contributed by atoms with E-state index in [0.717, 1.165) is 22.0 Å². The highest BCUT2D eigenvalue weighted by atomic mass is 32.1. The van der Waals surface area contributed by atoms with E-state index in [4.69, 9.17) is 9.72 Å². The van der Waals surface area contributed by atoms with Crippen LogP contribution in [-0.2, 0) is 0 Å². The molecular weight excluding hydrogens is 256 g/mol. The molecule has 4 heteroatoms. The first-order valence-corrected chi connectivity index (χ1v) is 7.79. The Labute approximate surface area is 118 Å². The van der Waals surface area contributed by atoms with Gasteiger partial charge in [0.15, 0.2) is 5.13 Å². The van der Waals surface area contributed by atoms with Gasteiger partial charge in [-0.15, -0.1) is 0 Å². The van der Waals surface area contributed by atoms with Gasteiger partial charge >= 0.3 is 0 Å². The number of ether oxygens (including phenoxy) is 1. The molecule has 0 spiro atoms. The zero-order valence-electron chi connectivity index (χ0n) is 11.5. The summed E-state index contributed by atoms with van der Waals surface area (Å²) in [5, 5.41) is 4.64. The first-order chi connectivity index (χ1) is 9.26. The molecule has 0 unspecified atom stereocenters. The Morgan fingerprint density at radius 3 is 2.79 bits per heavy atom. The van der Waals surface area contributed by atoms with Gasteiger partial charge in [0, 0.05) is 6.04 Å². The maximum atomic E-state index is 5.37. The number of aryl methyl sites for hydroxylation is 1. The molecule has 1 N–H and O–H groups in total. The van der Waals surface area contributed by atoms with E-state index in [1.807, 2.05) is 0 Å². The summed E-state index contributed by atoms with van der Waals surface area (Å²) in [5.74, 6) is 0.945. The molecule has 3 nitrogen and oxygen atoms in total. The highest BCUT2D eigenvalue weighted by Crippen LogP contribution is 2.33. The van der Waals surface area contributed by atoms with Crippen LogP contribution in [0.5, 0.6) is 5.75 Å². The van der Waals surface area contributed by atoms with Crippen LogP contribution in [0.3, 0.4) is 0 Å². The molecule has 1 aliphatic rings. The number of aromatic nitrogens is 1. The highest BCUT2D eigenvalue weighted by Gasteiger charge is 2.15. The minimum absolute atomic E-state index is 0.609. The molecule has 102 valence electrons. The topological polar surface area (TPSA) is 34.1 Å². The van der Waals surface area contributed by atoms with Crippen LogP contribution in [0, 0.1) is 6.92 Å². The predicted octanol–water partition coefficient (Wildman–Crippen LogP) is 4.36. The molecule has 2 aromatic rings. The first-order valence-electron chi connectivity index (χ1n) is 6.98. The van der Waals surface area contributed by atoms with Gasteiger partial charge in [0.05, 0.1) is 17.3 Å². The smallest absolute Gasteiger partial charge is 0.184 e. The van der Waals surface area contributed by atoms with Gasteiger partial charge in [-0.25, -0.2) is 4.98 Å². The van der Waals surface area contributed by atoms with Crippen LogP contribution in [0.25, 0.3) is 10.2 Å². The minimum Gasteiger partial charge on any atom is -0.496 e. The Hall–Kier alpha value is -1.29. The Bertz CT molecular complexity index is 573. The minimum atomic E-state index is 0.609. The number of anilines is 1. The lowest BCUT2D eigenvalue weighted by atomic mass is 9.96. The molecule has 1 heterocycles. The molecule has 19 heavy (non-hydrogen) atoms. The third-order valence-corrected chi connectivity index (χ3v) is 4.79. The van der Waals surface area contributed by atoms with Crippen LogP contribution in [0.15, 0.2) is 12.1 Å². The number of methoxy groups -OCH3 is 1. The fourth-order valence-electron chi connectivity index (χ4n) is 2.76. The number of nitrogens with zero attached hydrogens (tertiary/aromatic N) is 1. The normalized spacial score (nSPS) is 16.7. The van der Waals surface area contributed by atoms with E-state index >= 15 is 0 Å². The summed E-state index contributed by atoms with van der Waals surface area (Å²) in [5.41, 5.74) is 2.21. The van der Waals surface area contributed by atoms with E-state index in [0.29, 0.717) is 6.04 Å². The number of fused-ring (bicyclic) bond motifs is 1. The second-order valence-electron chi connectivity index (χ2n) is 5.29. The van der Waals surface area contributed by atoms with Crippen LogP contribution >= 0.6 is 11.3 Å². The molecule has 0 aliphatic heterocycles. The fourth-order valence-corrected chi connectivity index (χ4v) is 3.72. The predicted molar refractivity (Wildman–Crippen MR) is 81.4 cm³/mol. The van der Waals surface area contributed by atoms with Crippen molar-refractivity contribution in [3.63, 3.8) is 0 Å². The standard InChI is InChI=1S/C15H20N2OS/c1-10-8-12-14(9-13(10)18-2)19-15(17-12)16-11-6-4-3-5-7-11/h8-9,11H,3-7H2,1-2H3,(H,16,17). The molecule has 1 fully saturated rings. The van der Waals surface area contributed by atoms with Gasteiger partial charge in [0.25, 0.3) is 0 Å². The SMILES string of the molecule is COc1cc2sc(NC3CCCCC3)nc2cc1C. The maximum absolute atomic E-state index is 5.37. The van der Waals surface area contributed by atoms with Crippen molar-refractivity contribution in [1.29, 1.82) is 0 Å². The molecular formula is C15H20N2OS. The molecule has 1 aliphatic carbocycles. The zero-order chi connectivity index (χ0) is 13.2. The van der Waals surface area contributed by atoms with E-state index in [1.165, 1.54) is 36.8 Å². The quantitative estimate of drug-likeness (QED) is 0.904. The largest absolute Gasteiger partial charge is 0.496 e. The van der Waals surface area contributed by atoms with Crippen molar-refractivity contribution in [2.45, 2.75) is 45.1 Å². The number of benzene rings is 1. The summed E-state index contributed by atoms with van der Waals surface area (Å²) < 4.78 is 6.57. The molecule has 1 aromatic heterocycles. The summed E-state index contributed by atoms with van der Waals surface area (Å²) in [7, 11) is 1.72. The summed E-state index contributed by atoms with van der Waals surface area (Å²) in [4.78, 5) is 4.69. The van der Waals surface area contributed by atoms with Gasteiger partial charge in [-0.3, -0.25) is 0 Å². The fraction of sp³-hybridized carbons (Fsp3) is 0.533. The third kappa shape index (κ3) is 2.68. The number of thiazole rings is 1. The van der Waals surface area contributed by atoms with Gasteiger partial charge in [-0.05, 0) is 37.5 Å². The number of hydrogen-bond donors (Lipinski definition) is 1. The van der Waals surface area contributed by atoms with Crippen LogP contribution in [0.2, 0.25) is 0 Å².